The lowest BCUT2D eigenvalue weighted by Gasteiger charge is -2.38. The van der Waals surface area contributed by atoms with Gasteiger partial charge in [-0.1, -0.05) is 50.0 Å². The van der Waals surface area contributed by atoms with Crippen molar-refractivity contribution in [1.82, 2.24) is 0 Å². The SMILES string of the molecule is CC(C)(C)C1CCC(C(N)c2ccc(Cl)cc2Cl)CC1. The maximum atomic E-state index is 6.45. The molecule has 1 atom stereocenters. The Hall–Kier alpha value is -0.240. The van der Waals surface area contributed by atoms with Crippen LogP contribution in [0.2, 0.25) is 10.0 Å². The molecule has 3 heteroatoms. The van der Waals surface area contributed by atoms with Gasteiger partial charge >= 0.3 is 0 Å². The van der Waals surface area contributed by atoms with E-state index >= 15 is 0 Å². The lowest BCUT2D eigenvalue weighted by atomic mass is 9.68. The minimum Gasteiger partial charge on any atom is -0.324 e. The largest absolute Gasteiger partial charge is 0.324 e. The highest BCUT2D eigenvalue weighted by atomic mass is 35.5. The van der Waals surface area contributed by atoms with Gasteiger partial charge in [-0.05, 0) is 60.6 Å². The zero-order valence-electron chi connectivity index (χ0n) is 12.6. The second-order valence-corrected chi connectivity index (χ2v) is 8.01. The first-order valence-electron chi connectivity index (χ1n) is 7.49. The van der Waals surface area contributed by atoms with Gasteiger partial charge in [-0.2, -0.15) is 0 Å². The van der Waals surface area contributed by atoms with E-state index in [0.717, 1.165) is 11.5 Å². The van der Waals surface area contributed by atoms with Crippen LogP contribution in [-0.4, -0.2) is 0 Å². The second kappa shape index (κ2) is 6.25. The van der Waals surface area contributed by atoms with Gasteiger partial charge in [0.25, 0.3) is 0 Å². The summed E-state index contributed by atoms with van der Waals surface area (Å²) in [5, 5.41) is 1.37. The summed E-state index contributed by atoms with van der Waals surface area (Å²) in [6.07, 6.45) is 4.93. The molecule has 0 radical (unpaired) electrons. The van der Waals surface area contributed by atoms with E-state index in [0.29, 0.717) is 21.4 Å². The molecular weight excluding hydrogens is 289 g/mol. The molecule has 0 aliphatic heterocycles. The second-order valence-electron chi connectivity index (χ2n) is 7.17. The molecule has 1 aromatic rings. The van der Waals surface area contributed by atoms with Crippen LogP contribution in [0.1, 0.15) is 58.1 Å². The van der Waals surface area contributed by atoms with Gasteiger partial charge in [-0.3, -0.25) is 0 Å². The molecule has 2 rings (SSSR count). The fourth-order valence-electron chi connectivity index (χ4n) is 3.37. The topological polar surface area (TPSA) is 26.0 Å². The van der Waals surface area contributed by atoms with Crippen LogP contribution in [-0.2, 0) is 0 Å². The van der Waals surface area contributed by atoms with Gasteiger partial charge in [0, 0.05) is 16.1 Å². The van der Waals surface area contributed by atoms with Gasteiger partial charge in [0.2, 0.25) is 0 Å². The fourth-order valence-corrected chi connectivity index (χ4v) is 3.90. The molecule has 0 spiro atoms. The van der Waals surface area contributed by atoms with Gasteiger partial charge in [0.05, 0.1) is 0 Å². The van der Waals surface area contributed by atoms with Crippen LogP contribution in [0.15, 0.2) is 18.2 Å². The molecule has 1 aliphatic carbocycles. The van der Waals surface area contributed by atoms with Gasteiger partial charge in [0.1, 0.15) is 0 Å². The molecule has 0 heterocycles. The summed E-state index contributed by atoms with van der Waals surface area (Å²) < 4.78 is 0. The van der Waals surface area contributed by atoms with E-state index in [9.17, 15) is 0 Å². The molecule has 0 aromatic heterocycles. The third-order valence-electron chi connectivity index (χ3n) is 4.83. The van der Waals surface area contributed by atoms with E-state index in [-0.39, 0.29) is 6.04 Å². The third-order valence-corrected chi connectivity index (χ3v) is 5.39. The van der Waals surface area contributed by atoms with Crippen molar-refractivity contribution in [1.29, 1.82) is 0 Å². The minimum absolute atomic E-state index is 0.0284. The highest BCUT2D eigenvalue weighted by Gasteiger charge is 2.32. The van der Waals surface area contributed by atoms with Crippen molar-refractivity contribution < 1.29 is 0 Å². The smallest absolute Gasteiger partial charge is 0.0468 e. The average Bonchev–Trinajstić information content (AvgIpc) is 2.37. The summed E-state index contributed by atoms with van der Waals surface area (Å²) in [6.45, 7) is 7.02. The molecule has 0 saturated heterocycles. The Kier molecular flexibility index (Phi) is 5.05. The molecule has 1 nitrogen and oxygen atoms in total. The van der Waals surface area contributed by atoms with Gasteiger partial charge in [-0.15, -0.1) is 0 Å². The van der Waals surface area contributed by atoms with Crippen molar-refractivity contribution in [2.45, 2.75) is 52.5 Å². The Morgan fingerprint density at radius 1 is 1.10 bits per heavy atom. The lowest BCUT2D eigenvalue weighted by Crippen LogP contribution is -2.30. The van der Waals surface area contributed by atoms with E-state index in [2.05, 4.69) is 20.8 Å². The van der Waals surface area contributed by atoms with Gasteiger partial charge < -0.3 is 5.73 Å². The summed E-state index contributed by atoms with van der Waals surface area (Å²) in [4.78, 5) is 0. The van der Waals surface area contributed by atoms with E-state index in [1.807, 2.05) is 12.1 Å². The Bertz CT molecular complexity index is 457. The average molecular weight is 314 g/mol. The summed E-state index contributed by atoms with van der Waals surface area (Å²) in [6, 6.07) is 5.67. The number of nitrogens with two attached hydrogens (primary N) is 1. The monoisotopic (exact) mass is 313 g/mol. The van der Waals surface area contributed by atoms with E-state index in [4.69, 9.17) is 28.9 Å². The predicted octanol–water partition coefficient (Wildman–Crippen LogP) is 5.85. The quantitative estimate of drug-likeness (QED) is 0.728. The van der Waals surface area contributed by atoms with E-state index in [1.54, 1.807) is 6.07 Å². The summed E-state index contributed by atoms with van der Waals surface area (Å²) in [7, 11) is 0. The van der Waals surface area contributed by atoms with Crippen LogP contribution in [0, 0.1) is 17.3 Å². The van der Waals surface area contributed by atoms with Crippen LogP contribution in [0.25, 0.3) is 0 Å². The standard InChI is InChI=1S/C17H25Cl2N/c1-17(2,3)12-6-4-11(5-7-12)16(20)14-9-8-13(18)10-15(14)19/h8-12,16H,4-7,20H2,1-3H3. The lowest BCUT2D eigenvalue weighted by molar-refractivity contribution is 0.139. The highest BCUT2D eigenvalue weighted by Crippen LogP contribution is 2.43. The summed E-state index contributed by atoms with van der Waals surface area (Å²) in [5.74, 6) is 1.35. The molecule has 1 aliphatic rings. The number of halogens is 2. The molecular formula is C17H25Cl2N. The molecule has 1 aromatic carbocycles. The molecule has 20 heavy (non-hydrogen) atoms. The summed E-state index contributed by atoms with van der Waals surface area (Å²) >= 11 is 12.2. The Balaban J connectivity index is 2.03. The molecule has 1 unspecified atom stereocenters. The molecule has 0 bridgehead atoms. The maximum Gasteiger partial charge on any atom is 0.0468 e. The Labute approximate surface area is 132 Å². The van der Waals surface area contributed by atoms with Crippen LogP contribution in [0.4, 0.5) is 0 Å². The van der Waals surface area contributed by atoms with Crippen molar-refractivity contribution in [2.24, 2.45) is 23.0 Å². The van der Waals surface area contributed by atoms with Crippen LogP contribution in [0.3, 0.4) is 0 Å². The third kappa shape index (κ3) is 3.69. The predicted molar refractivity (Wildman–Crippen MR) is 88.3 cm³/mol. The first-order chi connectivity index (χ1) is 9.29. The van der Waals surface area contributed by atoms with E-state index in [1.165, 1.54) is 25.7 Å². The first kappa shape index (κ1) is 16.1. The van der Waals surface area contributed by atoms with Crippen molar-refractivity contribution in [3.63, 3.8) is 0 Å². The molecule has 1 saturated carbocycles. The molecule has 2 N–H and O–H groups in total. The van der Waals surface area contributed by atoms with Crippen LogP contribution in [0.5, 0.6) is 0 Å². The molecule has 0 amide bonds. The van der Waals surface area contributed by atoms with Crippen LogP contribution < -0.4 is 5.73 Å². The number of rotatable bonds is 2. The van der Waals surface area contributed by atoms with Crippen molar-refractivity contribution in [3.05, 3.63) is 33.8 Å². The minimum atomic E-state index is 0.0284. The first-order valence-corrected chi connectivity index (χ1v) is 8.25. The highest BCUT2D eigenvalue weighted by molar-refractivity contribution is 6.35. The molecule has 112 valence electrons. The normalized spacial score (nSPS) is 25.5. The zero-order chi connectivity index (χ0) is 14.9. The number of hydrogen-bond acceptors (Lipinski definition) is 1. The van der Waals surface area contributed by atoms with Gasteiger partial charge in [0.15, 0.2) is 0 Å². The van der Waals surface area contributed by atoms with Crippen molar-refractivity contribution >= 4 is 23.2 Å². The maximum absolute atomic E-state index is 6.45. The van der Waals surface area contributed by atoms with Crippen LogP contribution >= 0.6 is 23.2 Å². The number of benzene rings is 1. The Morgan fingerprint density at radius 2 is 1.70 bits per heavy atom. The number of hydrogen-bond donors (Lipinski definition) is 1. The van der Waals surface area contributed by atoms with Gasteiger partial charge in [-0.25, -0.2) is 0 Å². The van der Waals surface area contributed by atoms with Crippen molar-refractivity contribution in [3.8, 4) is 0 Å². The van der Waals surface area contributed by atoms with Crippen molar-refractivity contribution in [2.75, 3.05) is 0 Å². The van der Waals surface area contributed by atoms with E-state index < -0.39 is 0 Å². The Morgan fingerprint density at radius 3 is 2.20 bits per heavy atom. The zero-order valence-corrected chi connectivity index (χ0v) is 14.1. The fraction of sp³-hybridized carbons (Fsp3) is 0.647. The molecule has 1 fully saturated rings. The summed E-state index contributed by atoms with van der Waals surface area (Å²) in [5.41, 5.74) is 7.89.